The molecule has 2 aromatic rings. The highest BCUT2D eigenvalue weighted by Crippen LogP contribution is 2.54. The predicted molar refractivity (Wildman–Crippen MR) is 111 cm³/mol. The van der Waals surface area contributed by atoms with Gasteiger partial charge in [-0.2, -0.15) is 26.3 Å². The topological polar surface area (TPSA) is 45.5 Å². The van der Waals surface area contributed by atoms with Gasteiger partial charge < -0.3 is 10.6 Å². The van der Waals surface area contributed by atoms with Crippen LogP contribution in [0.1, 0.15) is 15.9 Å². The van der Waals surface area contributed by atoms with Gasteiger partial charge in [-0.05, 0) is 62.8 Å². The van der Waals surface area contributed by atoms with Crippen LogP contribution in [-0.2, 0) is 5.67 Å². The minimum atomic E-state index is -6.31. The second-order valence-electron chi connectivity index (χ2n) is 6.08. The third-order valence-corrected chi connectivity index (χ3v) is 5.53. The Morgan fingerprint density at radius 3 is 2.19 bits per heavy atom. The van der Waals surface area contributed by atoms with Crippen molar-refractivity contribution < 1.29 is 39.9 Å². The van der Waals surface area contributed by atoms with Gasteiger partial charge in [0.25, 0.3) is 12.6 Å². The fraction of sp³-hybridized carbons (Fsp3) is 0.222. The lowest BCUT2D eigenvalue weighted by atomic mass is 9.94. The molecule has 0 bridgehead atoms. The molecule has 172 valence electrons. The molecule has 2 aromatic carbocycles. The van der Waals surface area contributed by atoms with Crippen LogP contribution in [-0.4, -0.2) is 24.9 Å². The van der Waals surface area contributed by atoms with Crippen LogP contribution in [0.2, 0.25) is 0 Å². The lowest BCUT2D eigenvalue weighted by Crippen LogP contribution is -2.50. The average molecular weight is 642 g/mol. The van der Waals surface area contributed by atoms with E-state index in [1.165, 1.54) is 34.7 Å². The molecule has 1 amide bonds. The molecule has 14 heteroatoms. The number of nitrogens with one attached hydrogen (secondary N) is 2. The third-order valence-electron chi connectivity index (χ3n) is 4.05. The first-order valence-electron chi connectivity index (χ1n) is 8.14. The zero-order valence-corrected chi connectivity index (χ0v) is 19.0. The second kappa shape index (κ2) is 9.38. The molecule has 0 saturated heterocycles. The molecule has 0 spiro atoms. The molecule has 2 rings (SSSR count). The molecule has 0 heterocycles. The predicted octanol–water partition coefficient (Wildman–Crippen LogP) is 7.02. The molecule has 0 unspecified atom stereocenters. The first-order chi connectivity index (χ1) is 14.6. The Kier molecular flexibility index (Phi) is 7.65. The highest BCUT2D eigenvalue weighted by atomic mass is 127. The number of hydrogen-bond acceptors (Lipinski definition) is 2. The smallest absolute Gasteiger partial charge is 0.320 e. The van der Waals surface area contributed by atoms with E-state index in [0.29, 0.717) is 0 Å². The van der Waals surface area contributed by atoms with Crippen molar-refractivity contribution in [1.82, 2.24) is 0 Å². The molecular formula is C18H9BrF8IN3O. The van der Waals surface area contributed by atoms with Crippen molar-refractivity contribution in [2.45, 2.75) is 18.0 Å². The van der Waals surface area contributed by atoms with Gasteiger partial charge >= 0.3 is 18.0 Å². The zero-order valence-electron chi connectivity index (χ0n) is 15.2. The van der Waals surface area contributed by atoms with Crippen LogP contribution >= 0.6 is 38.5 Å². The Morgan fingerprint density at radius 2 is 1.69 bits per heavy atom. The van der Waals surface area contributed by atoms with Crippen LogP contribution in [0.5, 0.6) is 0 Å². The standard InChI is InChI=1S/C18H9BrF8IN3O/c1-29-7-30-12-4-2-3-9(13(12)20)15(32)31-14-10(19)5-8(6-11(14)28)16(21,17(22,23)24)18(25,26)27/h2-6,30H,7H2,(H,31,32). The van der Waals surface area contributed by atoms with Crippen LogP contribution in [0.25, 0.3) is 4.85 Å². The molecule has 0 aliphatic heterocycles. The summed E-state index contributed by atoms with van der Waals surface area (Å²) in [6.07, 6.45) is -12.6. The largest absolute Gasteiger partial charge is 0.435 e. The molecule has 0 radical (unpaired) electrons. The van der Waals surface area contributed by atoms with Crippen LogP contribution in [0.15, 0.2) is 34.8 Å². The summed E-state index contributed by atoms with van der Waals surface area (Å²) in [5.74, 6) is -2.12. The van der Waals surface area contributed by atoms with Crippen molar-refractivity contribution in [2.24, 2.45) is 0 Å². The van der Waals surface area contributed by atoms with E-state index in [1.807, 2.05) is 0 Å². The number of carbonyl (C=O) groups is 1. The normalized spacial score (nSPS) is 12.3. The van der Waals surface area contributed by atoms with E-state index < -0.39 is 45.3 Å². The Balaban J connectivity index is 2.47. The maximum atomic E-state index is 14.5. The van der Waals surface area contributed by atoms with Gasteiger partial charge in [-0.15, -0.1) is 0 Å². The number of carbonyl (C=O) groups excluding carboxylic acids is 1. The van der Waals surface area contributed by atoms with Crippen molar-refractivity contribution in [3.63, 3.8) is 0 Å². The Labute approximate surface area is 197 Å². The van der Waals surface area contributed by atoms with Crippen LogP contribution < -0.4 is 10.6 Å². The molecule has 0 aliphatic carbocycles. The summed E-state index contributed by atoms with van der Waals surface area (Å²) in [5.41, 5.74) is -8.39. The zero-order chi connectivity index (χ0) is 24.5. The number of benzene rings is 2. The van der Waals surface area contributed by atoms with Crippen molar-refractivity contribution in [3.05, 3.63) is 66.7 Å². The van der Waals surface area contributed by atoms with Gasteiger partial charge in [0.1, 0.15) is 0 Å². The van der Waals surface area contributed by atoms with Gasteiger partial charge in [0.2, 0.25) is 0 Å². The van der Waals surface area contributed by atoms with Crippen LogP contribution in [0.4, 0.5) is 46.5 Å². The van der Waals surface area contributed by atoms with Gasteiger partial charge in [0, 0.05) is 13.6 Å². The molecule has 0 aliphatic rings. The Hall–Kier alpha value is -2.15. The minimum absolute atomic E-state index is 0.171. The van der Waals surface area contributed by atoms with Gasteiger partial charge in [0.15, 0.2) is 5.82 Å². The number of hydrogen-bond donors (Lipinski definition) is 2. The fourth-order valence-corrected chi connectivity index (χ4v) is 4.22. The maximum absolute atomic E-state index is 14.5. The number of halogens is 10. The molecular weight excluding hydrogens is 633 g/mol. The quantitative estimate of drug-likeness (QED) is 0.209. The molecule has 2 N–H and O–H groups in total. The first-order valence-corrected chi connectivity index (χ1v) is 10.0. The van der Waals surface area contributed by atoms with Crippen molar-refractivity contribution in [1.29, 1.82) is 0 Å². The summed E-state index contributed by atoms with van der Waals surface area (Å²) in [4.78, 5) is 15.4. The molecule has 0 aromatic heterocycles. The number of rotatable bonds is 5. The second-order valence-corrected chi connectivity index (χ2v) is 8.10. The Bertz CT molecular complexity index is 1040. The van der Waals surface area contributed by atoms with E-state index in [-0.39, 0.29) is 33.7 Å². The summed E-state index contributed by atoms with van der Waals surface area (Å²) in [6.45, 7) is 6.40. The van der Waals surface area contributed by atoms with Crippen molar-refractivity contribution in [2.75, 3.05) is 17.3 Å². The lowest BCUT2D eigenvalue weighted by Gasteiger charge is -2.31. The molecule has 0 saturated carbocycles. The van der Waals surface area contributed by atoms with Crippen LogP contribution in [0.3, 0.4) is 0 Å². The van der Waals surface area contributed by atoms with E-state index in [4.69, 9.17) is 6.57 Å². The van der Waals surface area contributed by atoms with E-state index >= 15 is 0 Å². The van der Waals surface area contributed by atoms with E-state index in [9.17, 15) is 39.9 Å². The van der Waals surface area contributed by atoms with Crippen molar-refractivity contribution in [3.8, 4) is 0 Å². The lowest BCUT2D eigenvalue weighted by molar-refractivity contribution is -0.348. The summed E-state index contributed by atoms with van der Waals surface area (Å²) in [6, 6.07) is 4.13. The monoisotopic (exact) mass is 641 g/mol. The SMILES string of the molecule is [C-]#[N+]CNc1cccc(C(=O)Nc2c(Br)cc(C(F)(C(F)(F)F)C(F)(F)F)cc2I)c1F. The number of anilines is 2. The summed E-state index contributed by atoms with van der Waals surface area (Å²) in [7, 11) is 0. The first kappa shape index (κ1) is 26.1. The highest BCUT2D eigenvalue weighted by Gasteiger charge is 2.73. The molecule has 0 fully saturated rings. The van der Waals surface area contributed by atoms with Gasteiger partial charge in [-0.3, -0.25) is 9.64 Å². The minimum Gasteiger partial charge on any atom is -0.320 e. The van der Waals surface area contributed by atoms with Crippen LogP contribution in [0, 0.1) is 16.0 Å². The van der Waals surface area contributed by atoms with Gasteiger partial charge in [-0.1, -0.05) is 6.07 Å². The summed E-state index contributed by atoms with van der Waals surface area (Å²) < 4.78 is 106. The van der Waals surface area contributed by atoms with Gasteiger partial charge in [0.05, 0.1) is 16.9 Å². The molecule has 32 heavy (non-hydrogen) atoms. The number of amides is 1. The van der Waals surface area contributed by atoms with E-state index in [1.54, 1.807) is 0 Å². The number of alkyl halides is 7. The fourth-order valence-electron chi connectivity index (χ4n) is 2.53. The Morgan fingerprint density at radius 1 is 1.09 bits per heavy atom. The van der Waals surface area contributed by atoms with Gasteiger partial charge in [-0.25, -0.2) is 15.4 Å². The highest BCUT2D eigenvalue weighted by molar-refractivity contribution is 14.1. The molecule has 4 nitrogen and oxygen atoms in total. The van der Waals surface area contributed by atoms with Crippen molar-refractivity contribution >= 4 is 55.8 Å². The molecule has 0 atom stereocenters. The number of nitrogens with zero attached hydrogens (tertiary/aromatic N) is 1. The third kappa shape index (κ3) is 4.92. The average Bonchev–Trinajstić information content (AvgIpc) is 2.67. The van der Waals surface area contributed by atoms with E-state index in [2.05, 4.69) is 31.4 Å². The summed E-state index contributed by atoms with van der Waals surface area (Å²) in [5, 5.41) is 4.59. The van der Waals surface area contributed by atoms with E-state index in [0.717, 1.165) is 6.07 Å². The maximum Gasteiger partial charge on any atom is 0.435 e. The summed E-state index contributed by atoms with van der Waals surface area (Å²) >= 11 is 4.04.